The molecule has 0 saturated carbocycles. The number of rotatable bonds is 4. The molecule has 0 spiro atoms. The van der Waals surface area contributed by atoms with Crippen LogP contribution in [0.5, 0.6) is 0 Å². The molecular formula is C16H15FN2O2. The second kappa shape index (κ2) is 5.54. The van der Waals surface area contributed by atoms with Crippen molar-refractivity contribution in [2.75, 3.05) is 6.54 Å². The molecule has 108 valence electrons. The highest BCUT2D eigenvalue weighted by atomic mass is 19.1. The fourth-order valence-corrected chi connectivity index (χ4v) is 2.46. The highest BCUT2D eigenvalue weighted by Gasteiger charge is 2.15. The van der Waals surface area contributed by atoms with Crippen molar-refractivity contribution in [1.82, 2.24) is 10.3 Å². The smallest absolute Gasteiger partial charge is 0.408 e. The van der Waals surface area contributed by atoms with Crippen LogP contribution in [0.25, 0.3) is 11.1 Å². The number of oxazole rings is 1. The molecule has 2 N–H and O–H groups in total. The van der Waals surface area contributed by atoms with Crippen LogP contribution in [-0.2, 0) is 0 Å². The van der Waals surface area contributed by atoms with Gasteiger partial charge in [-0.2, -0.15) is 0 Å². The third kappa shape index (κ3) is 2.73. The number of halogens is 1. The summed E-state index contributed by atoms with van der Waals surface area (Å²) >= 11 is 0. The molecule has 3 rings (SSSR count). The molecule has 4 nitrogen and oxygen atoms in total. The number of fused-ring (bicyclic) bond motifs is 1. The van der Waals surface area contributed by atoms with E-state index in [0.29, 0.717) is 11.1 Å². The van der Waals surface area contributed by atoms with Crippen LogP contribution in [-0.4, -0.2) is 11.5 Å². The van der Waals surface area contributed by atoms with Gasteiger partial charge < -0.3 is 9.73 Å². The standard InChI is InChI=1S/C16H15FN2O2/c1-2-18-15(10-4-3-5-12(17)8-10)11-6-7-13-14(9-11)21-16(20)19-13/h3-9,15,18H,2H2,1H3,(H,19,20). The Bertz CT molecular complexity index is 822. The van der Waals surface area contributed by atoms with Crippen molar-refractivity contribution in [3.05, 3.63) is 70.0 Å². The van der Waals surface area contributed by atoms with E-state index < -0.39 is 5.76 Å². The fraction of sp³-hybridized carbons (Fsp3) is 0.188. The Morgan fingerprint density at radius 3 is 2.81 bits per heavy atom. The Kier molecular flexibility index (Phi) is 3.58. The fourth-order valence-electron chi connectivity index (χ4n) is 2.46. The normalized spacial score (nSPS) is 12.7. The second-order valence-electron chi connectivity index (χ2n) is 4.82. The van der Waals surface area contributed by atoms with Crippen LogP contribution in [0.1, 0.15) is 24.1 Å². The maximum absolute atomic E-state index is 13.4. The summed E-state index contributed by atoms with van der Waals surface area (Å²) in [7, 11) is 0. The van der Waals surface area contributed by atoms with Crippen LogP contribution in [0, 0.1) is 5.82 Å². The zero-order valence-corrected chi connectivity index (χ0v) is 11.5. The first-order valence-electron chi connectivity index (χ1n) is 6.79. The van der Waals surface area contributed by atoms with Gasteiger partial charge >= 0.3 is 5.76 Å². The van der Waals surface area contributed by atoms with E-state index in [4.69, 9.17) is 4.42 Å². The zero-order valence-electron chi connectivity index (χ0n) is 11.5. The van der Waals surface area contributed by atoms with Crippen LogP contribution < -0.4 is 11.1 Å². The zero-order chi connectivity index (χ0) is 14.8. The minimum atomic E-state index is -0.479. The van der Waals surface area contributed by atoms with Crippen LogP contribution in [0.2, 0.25) is 0 Å². The van der Waals surface area contributed by atoms with E-state index in [0.717, 1.165) is 17.7 Å². The first-order chi connectivity index (χ1) is 10.2. The molecule has 1 aromatic heterocycles. The molecule has 1 unspecified atom stereocenters. The summed E-state index contributed by atoms with van der Waals surface area (Å²) in [6, 6.07) is 11.8. The van der Waals surface area contributed by atoms with Gasteiger partial charge in [0.15, 0.2) is 5.58 Å². The number of H-pyrrole nitrogens is 1. The largest absolute Gasteiger partial charge is 0.417 e. The van der Waals surface area contributed by atoms with Crippen LogP contribution in [0.4, 0.5) is 4.39 Å². The predicted octanol–water partition coefficient (Wildman–Crippen LogP) is 2.96. The van der Waals surface area contributed by atoms with Crippen molar-refractivity contribution in [2.24, 2.45) is 0 Å². The van der Waals surface area contributed by atoms with Gasteiger partial charge in [0.2, 0.25) is 0 Å². The highest BCUT2D eigenvalue weighted by Crippen LogP contribution is 2.25. The SMILES string of the molecule is CCNC(c1cccc(F)c1)c1ccc2[nH]c(=O)oc2c1. The number of benzene rings is 2. The summed E-state index contributed by atoms with van der Waals surface area (Å²) in [5, 5.41) is 3.32. The first-order valence-corrected chi connectivity index (χ1v) is 6.79. The molecule has 0 saturated heterocycles. The van der Waals surface area contributed by atoms with Crippen molar-refractivity contribution >= 4 is 11.1 Å². The molecular weight excluding hydrogens is 271 g/mol. The minimum Gasteiger partial charge on any atom is -0.408 e. The molecule has 0 fully saturated rings. The maximum Gasteiger partial charge on any atom is 0.417 e. The van der Waals surface area contributed by atoms with Gasteiger partial charge in [0, 0.05) is 0 Å². The lowest BCUT2D eigenvalue weighted by Gasteiger charge is -2.19. The number of aromatic nitrogens is 1. The van der Waals surface area contributed by atoms with Gasteiger partial charge in [-0.15, -0.1) is 0 Å². The molecule has 3 aromatic rings. The molecule has 0 radical (unpaired) electrons. The average Bonchev–Trinajstić information content (AvgIpc) is 2.83. The van der Waals surface area contributed by atoms with Crippen molar-refractivity contribution in [2.45, 2.75) is 13.0 Å². The summed E-state index contributed by atoms with van der Waals surface area (Å²) in [4.78, 5) is 13.8. The molecule has 1 heterocycles. The van der Waals surface area contributed by atoms with E-state index >= 15 is 0 Å². The van der Waals surface area contributed by atoms with Gasteiger partial charge in [-0.3, -0.25) is 4.98 Å². The van der Waals surface area contributed by atoms with E-state index in [1.165, 1.54) is 12.1 Å². The molecule has 21 heavy (non-hydrogen) atoms. The summed E-state index contributed by atoms with van der Waals surface area (Å²) in [5.74, 6) is -0.752. The van der Waals surface area contributed by atoms with Crippen LogP contribution in [0.15, 0.2) is 51.7 Å². The van der Waals surface area contributed by atoms with Crippen molar-refractivity contribution in [1.29, 1.82) is 0 Å². The summed E-state index contributed by atoms with van der Waals surface area (Å²) < 4.78 is 18.5. The van der Waals surface area contributed by atoms with Gasteiger partial charge in [-0.05, 0) is 41.9 Å². The Morgan fingerprint density at radius 2 is 2.05 bits per heavy atom. The first kappa shape index (κ1) is 13.6. The van der Waals surface area contributed by atoms with Gasteiger partial charge in [0.25, 0.3) is 0 Å². The Hall–Kier alpha value is -2.40. The predicted molar refractivity (Wildman–Crippen MR) is 78.8 cm³/mol. The lowest BCUT2D eigenvalue weighted by molar-refractivity contribution is 0.553. The third-order valence-electron chi connectivity index (χ3n) is 3.37. The number of hydrogen-bond acceptors (Lipinski definition) is 3. The lowest BCUT2D eigenvalue weighted by Crippen LogP contribution is -2.22. The average molecular weight is 286 g/mol. The molecule has 1 atom stereocenters. The summed E-state index contributed by atoms with van der Waals surface area (Å²) in [6.45, 7) is 2.72. The van der Waals surface area contributed by atoms with Gasteiger partial charge in [0.05, 0.1) is 11.6 Å². The number of hydrogen-bond donors (Lipinski definition) is 2. The molecule has 0 aliphatic heterocycles. The van der Waals surface area contributed by atoms with Crippen molar-refractivity contribution in [3.8, 4) is 0 Å². The van der Waals surface area contributed by atoms with Gasteiger partial charge in [0.1, 0.15) is 5.82 Å². The van der Waals surface area contributed by atoms with Crippen molar-refractivity contribution in [3.63, 3.8) is 0 Å². The lowest BCUT2D eigenvalue weighted by atomic mass is 9.98. The van der Waals surface area contributed by atoms with Gasteiger partial charge in [-0.25, -0.2) is 9.18 Å². The Labute approximate surface area is 120 Å². The molecule has 5 heteroatoms. The van der Waals surface area contributed by atoms with E-state index in [-0.39, 0.29) is 11.9 Å². The van der Waals surface area contributed by atoms with Crippen LogP contribution >= 0.6 is 0 Å². The second-order valence-corrected chi connectivity index (χ2v) is 4.82. The molecule has 0 aliphatic rings. The molecule has 2 aromatic carbocycles. The van der Waals surface area contributed by atoms with Gasteiger partial charge in [-0.1, -0.05) is 25.1 Å². The highest BCUT2D eigenvalue weighted by molar-refractivity contribution is 5.73. The maximum atomic E-state index is 13.4. The van der Waals surface area contributed by atoms with Crippen LogP contribution in [0.3, 0.4) is 0 Å². The molecule has 0 bridgehead atoms. The Balaban J connectivity index is 2.07. The third-order valence-corrected chi connectivity index (χ3v) is 3.37. The van der Waals surface area contributed by atoms with Crippen molar-refractivity contribution < 1.29 is 8.81 Å². The quantitative estimate of drug-likeness (QED) is 0.775. The molecule has 0 aliphatic carbocycles. The topological polar surface area (TPSA) is 58.0 Å². The number of nitrogens with one attached hydrogen (secondary N) is 2. The molecule has 0 amide bonds. The monoisotopic (exact) mass is 286 g/mol. The summed E-state index contributed by atoms with van der Waals surface area (Å²) in [6.07, 6.45) is 0. The number of aromatic amines is 1. The Morgan fingerprint density at radius 1 is 1.24 bits per heavy atom. The van der Waals surface area contributed by atoms with E-state index in [2.05, 4.69) is 10.3 Å². The minimum absolute atomic E-state index is 0.157. The van der Waals surface area contributed by atoms with E-state index in [1.807, 2.05) is 19.1 Å². The van der Waals surface area contributed by atoms with E-state index in [9.17, 15) is 9.18 Å². The van der Waals surface area contributed by atoms with E-state index in [1.54, 1.807) is 18.2 Å². The summed E-state index contributed by atoms with van der Waals surface area (Å²) in [5.41, 5.74) is 2.89.